The van der Waals surface area contributed by atoms with Gasteiger partial charge in [-0.3, -0.25) is 0 Å². The van der Waals surface area contributed by atoms with Gasteiger partial charge in [-0.25, -0.2) is 0 Å². The molecule has 0 aliphatic heterocycles. The van der Waals surface area contributed by atoms with Crippen LogP contribution in [-0.2, 0) is 38.8 Å². The molecule has 5 heavy (non-hydrogen) atoms. The molecule has 5 heteroatoms. The minimum absolute atomic E-state index is 0. The van der Waals surface area contributed by atoms with E-state index in [-0.39, 0.29) is 91.1 Å². The van der Waals surface area contributed by atoms with Crippen molar-refractivity contribution in [2.75, 3.05) is 0 Å². The zero-order valence-electron chi connectivity index (χ0n) is 1.80. The number of hydrogen-bond donors (Lipinski definition) is 0. The maximum Gasteiger partial charge on any atom is 0 e. The molecule has 0 nitrogen and oxygen atoms in total. The molecule has 34 valence electrons. The fourth-order valence-corrected chi connectivity index (χ4v) is 0. The first kappa shape index (κ1) is 45.5. The Balaban J connectivity index is 0. The van der Waals surface area contributed by atoms with Gasteiger partial charge in [0.15, 0.2) is 17.4 Å². The van der Waals surface area contributed by atoms with Crippen molar-refractivity contribution < 1.29 is 38.8 Å². The van der Waals surface area contributed by atoms with E-state index in [2.05, 4.69) is 0 Å². The fraction of sp³-hybridized carbons (Fsp3) is 0. The first-order valence-electron chi connectivity index (χ1n) is 0. The summed E-state index contributed by atoms with van der Waals surface area (Å²) in [7, 11) is 0. The minimum Gasteiger partial charge on any atom is 0 e. The average Bonchev–Trinajstić information content (AvgIpc) is 0. The normalized spacial score (nSPS) is 0. The Morgan fingerprint density at radius 2 is 1.00 bits per heavy atom. The van der Waals surface area contributed by atoms with E-state index in [1.165, 1.54) is 0 Å². The largest absolute Gasteiger partial charge is 0 e. The quantitative estimate of drug-likeness (QED) is 0.389. The molecular formula is H9Al2CuGeTi. The number of hydrogen-bond acceptors (Lipinski definition) is 0. The summed E-state index contributed by atoms with van der Waals surface area (Å²) in [5, 5.41) is 0. The second kappa shape index (κ2) is 28.9. The van der Waals surface area contributed by atoms with Crippen molar-refractivity contribution in [3.63, 3.8) is 0 Å². The van der Waals surface area contributed by atoms with Crippen LogP contribution in [0.15, 0.2) is 0 Å². The van der Waals surface area contributed by atoms with Crippen LogP contribution in [0.25, 0.3) is 0 Å². The molecule has 0 saturated heterocycles. The molecule has 0 N–H and O–H groups in total. The Hall–Kier alpha value is 2.84. The van der Waals surface area contributed by atoms with Crippen LogP contribution in [0.1, 0.15) is 0 Å². The Morgan fingerprint density at radius 1 is 1.00 bits per heavy atom. The van der Waals surface area contributed by atoms with Gasteiger partial charge in [0.05, 0.1) is 0 Å². The molecule has 0 heterocycles. The molecule has 0 aliphatic carbocycles. The van der Waals surface area contributed by atoms with Crippen molar-refractivity contribution in [1.29, 1.82) is 0 Å². The van der Waals surface area contributed by atoms with Crippen molar-refractivity contribution in [2.24, 2.45) is 0 Å². The molecule has 2 radical (unpaired) electrons. The van der Waals surface area contributed by atoms with E-state index in [0.29, 0.717) is 0 Å². The standard InChI is InChI=1S/2Al.Cu.GeH4.Ti.5H/h;;;1H4;;;;;;. The second-order valence-corrected chi connectivity index (χ2v) is 0. The molecule has 0 aromatic rings. The van der Waals surface area contributed by atoms with Crippen LogP contribution < -0.4 is 0 Å². The Bertz CT molecular complexity index is 9.61. The predicted molar refractivity (Wildman–Crippen MR) is 29.8 cm³/mol. The summed E-state index contributed by atoms with van der Waals surface area (Å²) in [5.74, 6) is 0. The Kier molecular flexibility index (Phi) is 263. The molecule has 0 aromatic heterocycles. The third kappa shape index (κ3) is 19.9. The van der Waals surface area contributed by atoms with E-state index >= 15 is 0 Å². The molecule has 0 spiro atoms. The zero-order valence-corrected chi connectivity index (χ0v) is 6.30. The topological polar surface area (TPSA) is 0 Å². The van der Waals surface area contributed by atoms with Gasteiger partial charge >= 0.3 is 17.6 Å². The molecule has 0 aliphatic rings. The van der Waals surface area contributed by atoms with Gasteiger partial charge in [0, 0.05) is 38.8 Å². The Labute approximate surface area is 89.8 Å². The zero-order chi connectivity index (χ0) is 0. The van der Waals surface area contributed by atoms with Crippen molar-refractivity contribution in [3.8, 4) is 0 Å². The summed E-state index contributed by atoms with van der Waals surface area (Å²) in [6, 6.07) is 0. The van der Waals surface area contributed by atoms with Gasteiger partial charge in [-0.2, -0.15) is 0 Å². The van der Waals surface area contributed by atoms with Gasteiger partial charge in [0.2, 0.25) is 0 Å². The molecule has 0 bridgehead atoms. The first-order valence-corrected chi connectivity index (χ1v) is 0. The van der Waals surface area contributed by atoms with E-state index in [0.717, 1.165) is 0 Å². The Morgan fingerprint density at radius 3 is 1.00 bits per heavy atom. The maximum atomic E-state index is 0. The van der Waals surface area contributed by atoms with Crippen molar-refractivity contribution in [1.82, 2.24) is 0 Å². The van der Waals surface area contributed by atoms with Crippen molar-refractivity contribution in [2.45, 2.75) is 0 Å². The van der Waals surface area contributed by atoms with E-state index in [4.69, 9.17) is 0 Å². The van der Waals surface area contributed by atoms with Gasteiger partial charge in [0.1, 0.15) is 17.4 Å². The SMILES string of the molecule is [AlH2].[AlH3].[Cu].[GeH4].[Ti]. The molecule has 0 aromatic carbocycles. The van der Waals surface area contributed by atoms with Crippen molar-refractivity contribution in [3.05, 3.63) is 0 Å². The summed E-state index contributed by atoms with van der Waals surface area (Å²) in [5.41, 5.74) is 0. The molecule has 0 saturated carbocycles. The molecular weight excluding hydrogens is 238 g/mol. The smallest absolute Gasteiger partial charge is 0 e. The van der Waals surface area contributed by atoms with Crippen LogP contribution in [0.2, 0.25) is 0 Å². The van der Waals surface area contributed by atoms with Gasteiger partial charge in [-0.05, 0) is 0 Å². The maximum absolute atomic E-state index is 0. The third-order valence-corrected chi connectivity index (χ3v) is 0. The summed E-state index contributed by atoms with van der Waals surface area (Å²) in [4.78, 5) is 0. The summed E-state index contributed by atoms with van der Waals surface area (Å²) < 4.78 is 0. The van der Waals surface area contributed by atoms with Gasteiger partial charge in [-0.1, -0.05) is 0 Å². The van der Waals surface area contributed by atoms with Crippen LogP contribution in [0.4, 0.5) is 0 Å². The van der Waals surface area contributed by atoms with E-state index in [1.54, 1.807) is 0 Å². The van der Waals surface area contributed by atoms with Gasteiger partial charge in [-0.15, -0.1) is 0 Å². The average molecular weight is 247 g/mol. The fourth-order valence-electron chi connectivity index (χ4n) is 0. The van der Waals surface area contributed by atoms with Gasteiger partial charge in [0.25, 0.3) is 0 Å². The minimum atomic E-state index is 0. The van der Waals surface area contributed by atoms with Crippen LogP contribution in [0.3, 0.4) is 0 Å². The third-order valence-electron chi connectivity index (χ3n) is 0. The molecule has 0 fully saturated rings. The summed E-state index contributed by atoms with van der Waals surface area (Å²) >= 11 is 0. The second-order valence-electron chi connectivity index (χ2n) is 0. The van der Waals surface area contributed by atoms with Crippen LogP contribution in [0, 0.1) is 0 Å². The first-order chi connectivity index (χ1) is 0. The molecule has 0 unspecified atom stereocenters. The summed E-state index contributed by atoms with van der Waals surface area (Å²) in [6.07, 6.45) is 0. The van der Waals surface area contributed by atoms with E-state index < -0.39 is 0 Å². The molecule has 0 amide bonds. The summed E-state index contributed by atoms with van der Waals surface area (Å²) in [6.45, 7) is 0. The van der Waals surface area contributed by atoms with Crippen LogP contribution in [-0.4, -0.2) is 52.3 Å². The van der Waals surface area contributed by atoms with Gasteiger partial charge < -0.3 is 0 Å². The van der Waals surface area contributed by atoms with Crippen molar-refractivity contribution >= 4 is 52.3 Å². The number of rotatable bonds is 0. The van der Waals surface area contributed by atoms with E-state index in [1.807, 2.05) is 0 Å². The van der Waals surface area contributed by atoms with Crippen LogP contribution in [0.5, 0.6) is 0 Å². The van der Waals surface area contributed by atoms with Crippen LogP contribution >= 0.6 is 0 Å². The monoisotopic (exact) mass is 248 g/mol. The van der Waals surface area contributed by atoms with E-state index in [9.17, 15) is 0 Å². The molecule has 0 rings (SSSR count). The molecule has 0 atom stereocenters. The predicted octanol–water partition coefficient (Wildman–Crippen LogP) is -3.56.